The Hall–Kier alpha value is -0.860. The molecule has 0 bridgehead atoms. The monoisotopic (exact) mass is 242 g/mol. The molecular weight excluding hydrogens is 216 g/mol. The van der Waals surface area contributed by atoms with Crippen LogP contribution in [0.15, 0.2) is 0 Å². The van der Waals surface area contributed by atoms with Crippen LogP contribution in [0.5, 0.6) is 0 Å². The Morgan fingerprint density at radius 3 is 1.53 bits per heavy atom. The maximum Gasteiger partial charge on any atom is 0.316 e. The van der Waals surface area contributed by atoms with Gasteiger partial charge in [0.2, 0.25) is 0 Å². The van der Waals surface area contributed by atoms with Gasteiger partial charge in [0, 0.05) is 0 Å². The van der Waals surface area contributed by atoms with Gasteiger partial charge in [-0.25, -0.2) is 0 Å². The van der Waals surface area contributed by atoms with Gasteiger partial charge in [0.1, 0.15) is 0 Å². The minimum atomic E-state index is -0.369. The van der Waals surface area contributed by atoms with Crippen LogP contribution in [0.25, 0.3) is 0 Å². The van der Waals surface area contributed by atoms with Crippen LogP contribution in [0, 0.1) is 11.8 Å². The maximum atomic E-state index is 11.6. The Morgan fingerprint density at radius 2 is 1.24 bits per heavy atom. The third kappa shape index (κ3) is 7.14. The molecule has 0 aliphatic heterocycles. The molecule has 0 fully saturated rings. The molecule has 0 saturated heterocycles. The summed E-state index contributed by atoms with van der Waals surface area (Å²) in [5, 5.41) is 0. The zero-order valence-corrected chi connectivity index (χ0v) is 11.6. The van der Waals surface area contributed by atoms with Crippen molar-refractivity contribution in [2.24, 2.45) is 11.8 Å². The predicted molar refractivity (Wildman–Crippen MR) is 68.5 cm³/mol. The van der Waals surface area contributed by atoms with E-state index in [2.05, 4.69) is 13.8 Å². The fourth-order valence-electron chi connectivity index (χ4n) is 1.56. The molecule has 0 heterocycles. The SMILES string of the molecule is CCCC[C@H](C)C(=O)OC(=O)[C@@H](C)CCCC. The lowest BCUT2D eigenvalue weighted by Crippen LogP contribution is -2.23. The topological polar surface area (TPSA) is 43.4 Å². The van der Waals surface area contributed by atoms with E-state index in [1.54, 1.807) is 0 Å². The molecule has 100 valence electrons. The Bertz CT molecular complexity index is 212. The van der Waals surface area contributed by atoms with Crippen molar-refractivity contribution in [1.82, 2.24) is 0 Å². The molecule has 0 aromatic carbocycles. The van der Waals surface area contributed by atoms with Gasteiger partial charge in [0.25, 0.3) is 0 Å². The van der Waals surface area contributed by atoms with Gasteiger partial charge in [-0.05, 0) is 12.8 Å². The molecular formula is C14H26O3. The van der Waals surface area contributed by atoms with Crippen LogP contribution in [-0.2, 0) is 14.3 Å². The summed E-state index contributed by atoms with van der Waals surface area (Å²) < 4.78 is 4.89. The molecule has 0 spiro atoms. The number of ether oxygens (including phenoxy) is 1. The van der Waals surface area contributed by atoms with Crippen molar-refractivity contribution in [2.75, 3.05) is 0 Å². The number of hydrogen-bond donors (Lipinski definition) is 0. The highest BCUT2D eigenvalue weighted by atomic mass is 16.6. The summed E-state index contributed by atoms with van der Waals surface area (Å²) in [5.41, 5.74) is 0. The third-order valence-corrected chi connectivity index (χ3v) is 2.99. The molecule has 0 unspecified atom stereocenters. The van der Waals surface area contributed by atoms with Gasteiger partial charge in [-0.1, -0.05) is 53.4 Å². The van der Waals surface area contributed by atoms with Gasteiger partial charge in [0.15, 0.2) is 0 Å². The van der Waals surface area contributed by atoms with Crippen LogP contribution in [-0.4, -0.2) is 11.9 Å². The quantitative estimate of drug-likeness (QED) is 0.481. The van der Waals surface area contributed by atoms with E-state index >= 15 is 0 Å². The standard InChI is InChI=1S/C14H26O3/c1-5-7-9-11(3)13(15)17-14(16)12(4)10-8-6-2/h11-12H,5-10H2,1-4H3/t11-,12-/m0/s1. The van der Waals surface area contributed by atoms with Crippen molar-refractivity contribution in [3.8, 4) is 0 Å². The second-order valence-corrected chi connectivity index (χ2v) is 4.83. The second-order valence-electron chi connectivity index (χ2n) is 4.83. The predicted octanol–water partition coefficient (Wildman–Crippen LogP) is 3.71. The van der Waals surface area contributed by atoms with Crippen molar-refractivity contribution in [3.63, 3.8) is 0 Å². The summed E-state index contributed by atoms with van der Waals surface area (Å²) in [7, 11) is 0. The van der Waals surface area contributed by atoms with Crippen molar-refractivity contribution in [1.29, 1.82) is 0 Å². The summed E-state index contributed by atoms with van der Waals surface area (Å²) >= 11 is 0. The Balaban J connectivity index is 3.97. The summed E-state index contributed by atoms with van der Waals surface area (Å²) in [6, 6.07) is 0. The van der Waals surface area contributed by atoms with E-state index in [1.165, 1.54) is 0 Å². The number of carbonyl (C=O) groups excluding carboxylic acids is 2. The van der Waals surface area contributed by atoms with Crippen molar-refractivity contribution in [2.45, 2.75) is 66.2 Å². The molecule has 0 rings (SSSR count). The Labute approximate surface area is 105 Å². The lowest BCUT2D eigenvalue weighted by molar-refractivity contribution is -0.165. The normalized spacial score (nSPS) is 14.1. The average Bonchev–Trinajstić information content (AvgIpc) is 2.32. The van der Waals surface area contributed by atoms with Crippen LogP contribution >= 0.6 is 0 Å². The van der Waals surface area contributed by atoms with Crippen LogP contribution in [0.2, 0.25) is 0 Å². The first-order valence-corrected chi connectivity index (χ1v) is 6.78. The van der Waals surface area contributed by atoms with E-state index in [-0.39, 0.29) is 23.8 Å². The minimum Gasteiger partial charge on any atom is -0.393 e. The summed E-state index contributed by atoms with van der Waals surface area (Å²) in [5.74, 6) is -1.08. The molecule has 0 aliphatic carbocycles. The van der Waals surface area contributed by atoms with Crippen molar-refractivity contribution in [3.05, 3.63) is 0 Å². The van der Waals surface area contributed by atoms with Gasteiger partial charge in [-0.3, -0.25) is 9.59 Å². The molecule has 0 aliphatic rings. The average molecular weight is 242 g/mol. The van der Waals surface area contributed by atoms with Gasteiger partial charge in [-0.15, -0.1) is 0 Å². The number of unbranched alkanes of at least 4 members (excludes halogenated alkanes) is 2. The molecule has 0 saturated carbocycles. The van der Waals surface area contributed by atoms with Crippen LogP contribution in [0.1, 0.15) is 66.2 Å². The maximum absolute atomic E-state index is 11.6. The Morgan fingerprint density at radius 1 is 0.882 bits per heavy atom. The molecule has 0 aromatic rings. The van der Waals surface area contributed by atoms with E-state index in [4.69, 9.17) is 4.74 Å². The fourth-order valence-corrected chi connectivity index (χ4v) is 1.56. The van der Waals surface area contributed by atoms with E-state index < -0.39 is 0 Å². The van der Waals surface area contributed by atoms with Crippen LogP contribution < -0.4 is 0 Å². The van der Waals surface area contributed by atoms with Gasteiger partial charge >= 0.3 is 11.9 Å². The number of rotatable bonds is 8. The molecule has 0 amide bonds. The molecule has 0 aromatic heterocycles. The lowest BCUT2D eigenvalue weighted by atomic mass is 10.0. The van der Waals surface area contributed by atoms with Crippen LogP contribution in [0.4, 0.5) is 0 Å². The molecule has 0 radical (unpaired) electrons. The zero-order chi connectivity index (χ0) is 13.3. The highest BCUT2D eigenvalue weighted by molar-refractivity contribution is 5.87. The third-order valence-electron chi connectivity index (χ3n) is 2.99. The molecule has 3 heteroatoms. The first-order chi connectivity index (χ1) is 8.02. The largest absolute Gasteiger partial charge is 0.393 e. The first-order valence-electron chi connectivity index (χ1n) is 6.78. The number of hydrogen-bond acceptors (Lipinski definition) is 3. The van der Waals surface area contributed by atoms with E-state index in [0.717, 1.165) is 38.5 Å². The minimum absolute atomic E-state index is 0.169. The van der Waals surface area contributed by atoms with Crippen LogP contribution in [0.3, 0.4) is 0 Å². The van der Waals surface area contributed by atoms with Gasteiger partial charge < -0.3 is 4.74 Å². The summed E-state index contributed by atoms with van der Waals surface area (Å²) in [4.78, 5) is 23.2. The van der Waals surface area contributed by atoms with E-state index in [9.17, 15) is 9.59 Å². The zero-order valence-electron chi connectivity index (χ0n) is 11.6. The van der Waals surface area contributed by atoms with Gasteiger partial charge in [-0.2, -0.15) is 0 Å². The first kappa shape index (κ1) is 16.1. The highest BCUT2D eigenvalue weighted by Crippen LogP contribution is 2.13. The second kappa shape index (κ2) is 9.20. The molecule has 3 nitrogen and oxygen atoms in total. The van der Waals surface area contributed by atoms with E-state index in [1.807, 2.05) is 13.8 Å². The molecule has 0 N–H and O–H groups in total. The summed E-state index contributed by atoms with van der Waals surface area (Å²) in [6.45, 7) is 7.80. The highest BCUT2D eigenvalue weighted by Gasteiger charge is 2.21. The molecule has 17 heavy (non-hydrogen) atoms. The van der Waals surface area contributed by atoms with Crippen molar-refractivity contribution < 1.29 is 14.3 Å². The fraction of sp³-hybridized carbons (Fsp3) is 0.857. The van der Waals surface area contributed by atoms with Crippen molar-refractivity contribution >= 4 is 11.9 Å². The number of carbonyl (C=O) groups is 2. The molecule has 2 atom stereocenters. The smallest absolute Gasteiger partial charge is 0.316 e. The Kier molecular flexibility index (Phi) is 8.73. The van der Waals surface area contributed by atoms with E-state index in [0.29, 0.717) is 0 Å². The number of esters is 2. The van der Waals surface area contributed by atoms with Gasteiger partial charge in [0.05, 0.1) is 11.8 Å². The lowest BCUT2D eigenvalue weighted by Gasteiger charge is -2.12. The summed E-state index contributed by atoms with van der Waals surface area (Å²) in [6.07, 6.45) is 5.69.